The van der Waals surface area contributed by atoms with Crippen molar-refractivity contribution in [2.24, 2.45) is 5.92 Å². The monoisotopic (exact) mass is 516 g/mol. The first kappa shape index (κ1) is 22.6. The number of thiophene rings is 1. The number of anilines is 4. The Morgan fingerprint density at radius 1 is 1.14 bits per heavy atom. The van der Waals surface area contributed by atoms with Crippen molar-refractivity contribution in [2.45, 2.75) is 25.9 Å². The standard InChI is InChI=1S/C26H24N6O2S2/c1-15(16-6-7-16)34-17-10-11-32-20(13-28-23(32)12-17)22-14-29-26(36-22)31-24-9-8-21(35-24)25(33)30-19-5-3-2-4-18(19)27/h2-5,8-16H,6-7,27H2,1H3,(H,29,31)(H,30,33). The van der Waals surface area contributed by atoms with E-state index in [9.17, 15) is 4.79 Å². The topological polar surface area (TPSA) is 107 Å². The number of benzene rings is 1. The van der Waals surface area contributed by atoms with Gasteiger partial charge < -0.3 is 21.1 Å². The molecular formula is C26H24N6O2S2. The summed E-state index contributed by atoms with van der Waals surface area (Å²) in [6.07, 6.45) is 8.41. The summed E-state index contributed by atoms with van der Waals surface area (Å²) in [6, 6.07) is 14.8. The van der Waals surface area contributed by atoms with E-state index < -0.39 is 0 Å². The number of thiazole rings is 1. The minimum Gasteiger partial charge on any atom is -0.490 e. The molecule has 182 valence electrons. The summed E-state index contributed by atoms with van der Waals surface area (Å²) >= 11 is 2.88. The van der Waals surface area contributed by atoms with Crippen LogP contribution in [-0.2, 0) is 0 Å². The molecule has 36 heavy (non-hydrogen) atoms. The van der Waals surface area contributed by atoms with Gasteiger partial charge in [0.1, 0.15) is 11.4 Å². The number of carbonyl (C=O) groups is 1. The lowest BCUT2D eigenvalue weighted by molar-refractivity contribution is 0.103. The highest BCUT2D eigenvalue weighted by molar-refractivity contribution is 7.20. The maximum absolute atomic E-state index is 12.6. The molecule has 1 fully saturated rings. The number of para-hydroxylation sites is 2. The molecule has 8 nitrogen and oxygen atoms in total. The van der Waals surface area contributed by atoms with Crippen molar-refractivity contribution < 1.29 is 9.53 Å². The molecule has 1 aromatic carbocycles. The number of fused-ring (bicyclic) bond motifs is 1. The molecule has 0 saturated heterocycles. The van der Waals surface area contributed by atoms with Gasteiger partial charge in [0.05, 0.1) is 44.1 Å². The number of rotatable bonds is 8. The summed E-state index contributed by atoms with van der Waals surface area (Å²) in [5, 5.41) is 7.72. The van der Waals surface area contributed by atoms with Crippen LogP contribution in [0.25, 0.3) is 16.2 Å². The lowest BCUT2D eigenvalue weighted by atomic mass is 10.2. The van der Waals surface area contributed by atoms with Crippen LogP contribution in [0.1, 0.15) is 29.4 Å². The Labute approximate surface area is 215 Å². The molecule has 4 N–H and O–H groups in total. The van der Waals surface area contributed by atoms with Gasteiger partial charge in [-0.2, -0.15) is 0 Å². The van der Waals surface area contributed by atoms with Crippen LogP contribution in [0.5, 0.6) is 5.75 Å². The van der Waals surface area contributed by atoms with Gasteiger partial charge >= 0.3 is 0 Å². The lowest BCUT2D eigenvalue weighted by Gasteiger charge is -2.13. The van der Waals surface area contributed by atoms with Crippen LogP contribution in [0.4, 0.5) is 21.5 Å². The van der Waals surface area contributed by atoms with Gasteiger partial charge in [-0.15, -0.1) is 11.3 Å². The maximum Gasteiger partial charge on any atom is 0.265 e. The van der Waals surface area contributed by atoms with Crippen LogP contribution in [0, 0.1) is 5.92 Å². The molecule has 6 rings (SSSR count). The molecule has 0 bridgehead atoms. The first-order chi connectivity index (χ1) is 17.5. The number of nitrogens with zero attached hydrogens (tertiary/aromatic N) is 3. The molecule has 5 aromatic rings. The number of hydrogen-bond acceptors (Lipinski definition) is 8. The van der Waals surface area contributed by atoms with Gasteiger partial charge in [0.15, 0.2) is 5.13 Å². The summed E-state index contributed by atoms with van der Waals surface area (Å²) in [5.74, 6) is 1.32. The summed E-state index contributed by atoms with van der Waals surface area (Å²) < 4.78 is 8.12. The van der Waals surface area contributed by atoms with Crippen LogP contribution in [0.15, 0.2) is 67.1 Å². The van der Waals surface area contributed by atoms with Crippen LogP contribution in [0.3, 0.4) is 0 Å². The molecule has 1 saturated carbocycles. The van der Waals surface area contributed by atoms with E-state index in [0.717, 1.165) is 32.1 Å². The molecule has 4 heterocycles. The number of nitrogen functional groups attached to an aromatic ring is 1. The lowest BCUT2D eigenvalue weighted by Crippen LogP contribution is -2.13. The molecule has 1 atom stereocenters. The number of nitrogens with two attached hydrogens (primary N) is 1. The minimum absolute atomic E-state index is 0.202. The first-order valence-corrected chi connectivity index (χ1v) is 13.3. The predicted molar refractivity (Wildman–Crippen MR) is 146 cm³/mol. The largest absolute Gasteiger partial charge is 0.490 e. The first-order valence-electron chi connectivity index (χ1n) is 11.7. The number of pyridine rings is 1. The van der Waals surface area contributed by atoms with E-state index in [-0.39, 0.29) is 12.0 Å². The molecule has 1 aliphatic rings. The third-order valence-corrected chi connectivity index (χ3v) is 8.05. The SMILES string of the molecule is CC(Oc1ccn2c(-c3cnc(Nc4ccc(C(=O)Nc5ccccc5N)s4)s3)cnc2c1)C1CC1. The zero-order chi connectivity index (χ0) is 24.6. The van der Waals surface area contributed by atoms with E-state index in [2.05, 4.69) is 27.5 Å². The van der Waals surface area contributed by atoms with E-state index in [1.807, 2.05) is 53.3 Å². The highest BCUT2D eigenvalue weighted by atomic mass is 32.1. The Balaban J connectivity index is 1.14. The van der Waals surface area contributed by atoms with E-state index in [0.29, 0.717) is 22.2 Å². The van der Waals surface area contributed by atoms with Crippen molar-refractivity contribution in [2.75, 3.05) is 16.4 Å². The minimum atomic E-state index is -0.202. The molecular weight excluding hydrogens is 492 g/mol. The van der Waals surface area contributed by atoms with E-state index in [4.69, 9.17) is 10.5 Å². The van der Waals surface area contributed by atoms with Crippen molar-refractivity contribution in [3.63, 3.8) is 0 Å². The number of ether oxygens (including phenoxy) is 1. The average Bonchev–Trinajstić information content (AvgIpc) is 3.24. The van der Waals surface area contributed by atoms with Crippen molar-refractivity contribution in [1.29, 1.82) is 0 Å². The number of aromatic nitrogens is 3. The normalized spacial score (nSPS) is 14.0. The second-order valence-electron chi connectivity index (χ2n) is 8.75. The third-order valence-electron chi connectivity index (χ3n) is 6.12. The van der Waals surface area contributed by atoms with Crippen molar-refractivity contribution in [1.82, 2.24) is 14.4 Å². The maximum atomic E-state index is 12.6. The van der Waals surface area contributed by atoms with Gasteiger partial charge in [-0.25, -0.2) is 9.97 Å². The summed E-state index contributed by atoms with van der Waals surface area (Å²) in [7, 11) is 0. The molecule has 1 aliphatic carbocycles. The smallest absolute Gasteiger partial charge is 0.265 e. The fourth-order valence-electron chi connectivity index (χ4n) is 3.97. The van der Waals surface area contributed by atoms with Gasteiger partial charge in [0.25, 0.3) is 5.91 Å². The van der Waals surface area contributed by atoms with Gasteiger partial charge in [-0.05, 0) is 56.0 Å². The molecule has 0 spiro atoms. The molecule has 0 aliphatic heterocycles. The summed E-state index contributed by atoms with van der Waals surface area (Å²) in [4.78, 5) is 23.3. The summed E-state index contributed by atoms with van der Waals surface area (Å²) in [5.41, 5.74) is 8.85. The number of hydrogen-bond donors (Lipinski definition) is 3. The van der Waals surface area contributed by atoms with Gasteiger partial charge in [-0.3, -0.25) is 9.20 Å². The van der Waals surface area contributed by atoms with Crippen LogP contribution in [-0.4, -0.2) is 26.4 Å². The highest BCUT2D eigenvalue weighted by Gasteiger charge is 2.29. The summed E-state index contributed by atoms with van der Waals surface area (Å²) in [6.45, 7) is 2.13. The zero-order valence-electron chi connectivity index (χ0n) is 19.5. The van der Waals surface area contributed by atoms with Crippen LogP contribution >= 0.6 is 22.7 Å². The number of carbonyl (C=O) groups excluding carboxylic acids is 1. The Hall–Kier alpha value is -3.89. The fourth-order valence-corrected chi connectivity index (χ4v) is 5.67. The van der Waals surface area contributed by atoms with Gasteiger partial charge in [0.2, 0.25) is 0 Å². The van der Waals surface area contributed by atoms with Gasteiger partial charge in [-0.1, -0.05) is 23.5 Å². The number of nitrogens with one attached hydrogen (secondary N) is 2. The zero-order valence-corrected chi connectivity index (χ0v) is 21.1. The van der Waals surface area contributed by atoms with Crippen molar-refractivity contribution in [3.05, 3.63) is 72.0 Å². The Morgan fingerprint density at radius 3 is 2.83 bits per heavy atom. The van der Waals surface area contributed by atoms with E-state index >= 15 is 0 Å². The number of imidazole rings is 1. The molecule has 0 radical (unpaired) electrons. The molecule has 1 amide bonds. The Bertz CT molecular complexity index is 1550. The Kier molecular flexibility index (Phi) is 5.82. The average molecular weight is 517 g/mol. The second kappa shape index (κ2) is 9.29. The quantitative estimate of drug-likeness (QED) is 0.210. The van der Waals surface area contributed by atoms with E-state index in [1.165, 1.54) is 35.5 Å². The Morgan fingerprint density at radius 2 is 2.00 bits per heavy atom. The number of amides is 1. The van der Waals surface area contributed by atoms with Crippen molar-refractivity contribution in [3.8, 4) is 16.3 Å². The van der Waals surface area contributed by atoms with Crippen molar-refractivity contribution >= 4 is 55.7 Å². The van der Waals surface area contributed by atoms with E-state index in [1.54, 1.807) is 18.2 Å². The predicted octanol–water partition coefficient (Wildman–Crippen LogP) is 6.27. The van der Waals surface area contributed by atoms with Crippen LogP contribution in [0.2, 0.25) is 0 Å². The van der Waals surface area contributed by atoms with Crippen LogP contribution < -0.4 is 21.1 Å². The fraction of sp³-hybridized carbons (Fsp3) is 0.192. The molecule has 10 heteroatoms. The molecule has 1 unspecified atom stereocenters. The third kappa shape index (κ3) is 4.65. The highest BCUT2D eigenvalue weighted by Crippen LogP contribution is 2.36. The molecule has 4 aromatic heterocycles. The van der Waals surface area contributed by atoms with Gasteiger partial charge in [0, 0.05) is 18.5 Å². The second-order valence-corrected chi connectivity index (χ2v) is 10.9.